The highest BCUT2D eigenvalue weighted by molar-refractivity contribution is 5.89. The third-order valence-corrected chi connectivity index (χ3v) is 2.30. The SMILES string of the molecule is O=C(Nc1cccc(F)c1)NC1CCCO1. The molecule has 86 valence electrons. The number of ether oxygens (including phenoxy) is 1. The van der Waals surface area contributed by atoms with Crippen LogP contribution in [0.3, 0.4) is 0 Å². The lowest BCUT2D eigenvalue weighted by Crippen LogP contribution is -2.37. The predicted molar refractivity (Wildman–Crippen MR) is 57.5 cm³/mol. The maximum Gasteiger partial charge on any atom is 0.321 e. The second-order valence-electron chi connectivity index (χ2n) is 3.61. The highest BCUT2D eigenvalue weighted by atomic mass is 19.1. The summed E-state index contributed by atoms with van der Waals surface area (Å²) in [6.07, 6.45) is 1.54. The molecule has 4 nitrogen and oxygen atoms in total. The summed E-state index contributed by atoms with van der Waals surface area (Å²) in [5.74, 6) is -0.380. The minimum absolute atomic E-state index is 0.228. The molecule has 2 amide bonds. The van der Waals surface area contributed by atoms with Crippen LogP contribution in [-0.2, 0) is 4.74 Å². The van der Waals surface area contributed by atoms with Crippen LogP contribution in [0.1, 0.15) is 12.8 Å². The van der Waals surface area contributed by atoms with Crippen molar-refractivity contribution in [3.05, 3.63) is 30.1 Å². The second-order valence-corrected chi connectivity index (χ2v) is 3.61. The van der Waals surface area contributed by atoms with Gasteiger partial charge in [-0.1, -0.05) is 6.07 Å². The molecule has 0 bridgehead atoms. The van der Waals surface area contributed by atoms with E-state index in [0.29, 0.717) is 12.3 Å². The number of urea groups is 1. The zero-order valence-corrected chi connectivity index (χ0v) is 8.70. The molecule has 0 saturated carbocycles. The summed E-state index contributed by atoms with van der Waals surface area (Å²) in [7, 11) is 0. The van der Waals surface area contributed by atoms with E-state index in [2.05, 4.69) is 10.6 Å². The number of benzene rings is 1. The molecule has 2 N–H and O–H groups in total. The molecule has 0 spiro atoms. The summed E-state index contributed by atoms with van der Waals surface area (Å²) >= 11 is 0. The molecule has 1 aliphatic rings. The van der Waals surface area contributed by atoms with Crippen LogP contribution in [0, 0.1) is 5.82 Å². The summed E-state index contributed by atoms with van der Waals surface area (Å²) in [6.45, 7) is 0.672. The van der Waals surface area contributed by atoms with E-state index in [1.165, 1.54) is 18.2 Å². The molecule has 1 fully saturated rings. The molecule has 1 aromatic rings. The van der Waals surface area contributed by atoms with Crippen molar-refractivity contribution in [1.29, 1.82) is 0 Å². The third-order valence-electron chi connectivity index (χ3n) is 2.30. The number of hydrogen-bond acceptors (Lipinski definition) is 2. The van der Waals surface area contributed by atoms with Crippen LogP contribution in [0.5, 0.6) is 0 Å². The van der Waals surface area contributed by atoms with Crippen LogP contribution in [-0.4, -0.2) is 18.9 Å². The quantitative estimate of drug-likeness (QED) is 0.808. The Kier molecular flexibility index (Phi) is 3.36. The molecule has 16 heavy (non-hydrogen) atoms. The van der Waals surface area contributed by atoms with Crippen LogP contribution in [0.2, 0.25) is 0 Å². The predicted octanol–water partition coefficient (Wildman–Crippen LogP) is 2.08. The summed E-state index contributed by atoms with van der Waals surface area (Å²) < 4.78 is 18.1. The Bertz CT molecular complexity index is 378. The van der Waals surface area contributed by atoms with Gasteiger partial charge in [-0.05, 0) is 31.0 Å². The van der Waals surface area contributed by atoms with Gasteiger partial charge in [-0.3, -0.25) is 0 Å². The fourth-order valence-electron chi connectivity index (χ4n) is 1.57. The zero-order chi connectivity index (χ0) is 11.4. The van der Waals surface area contributed by atoms with Crippen molar-refractivity contribution < 1.29 is 13.9 Å². The van der Waals surface area contributed by atoms with Gasteiger partial charge in [0.2, 0.25) is 0 Å². The van der Waals surface area contributed by atoms with Crippen molar-refractivity contribution in [3.8, 4) is 0 Å². The van der Waals surface area contributed by atoms with Gasteiger partial charge in [-0.25, -0.2) is 9.18 Å². The van der Waals surface area contributed by atoms with Gasteiger partial charge in [0.25, 0.3) is 0 Å². The van der Waals surface area contributed by atoms with Crippen molar-refractivity contribution in [3.63, 3.8) is 0 Å². The van der Waals surface area contributed by atoms with Crippen LogP contribution in [0.4, 0.5) is 14.9 Å². The summed E-state index contributed by atoms with van der Waals surface area (Å²) in [6, 6.07) is 5.37. The fourth-order valence-corrected chi connectivity index (χ4v) is 1.57. The highest BCUT2D eigenvalue weighted by Gasteiger charge is 2.17. The Morgan fingerprint density at radius 2 is 2.38 bits per heavy atom. The van der Waals surface area contributed by atoms with Crippen molar-refractivity contribution in [2.24, 2.45) is 0 Å². The maximum atomic E-state index is 12.8. The Balaban J connectivity index is 1.86. The van der Waals surface area contributed by atoms with Crippen molar-refractivity contribution in [2.75, 3.05) is 11.9 Å². The Morgan fingerprint density at radius 3 is 3.06 bits per heavy atom. The largest absolute Gasteiger partial charge is 0.358 e. The molecule has 2 rings (SSSR count). The van der Waals surface area contributed by atoms with E-state index in [-0.39, 0.29) is 18.1 Å². The molecule has 0 radical (unpaired) electrons. The first-order valence-electron chi connectivity index (χ1n) is 5.19. The first kappa shape index (κ1) is 10.9. The van der Waals surface area contributed by atoms with Gasteiger partial charge in [-0.2, -0.15) is 0 Å². The van der Waals surface area contributed by atoms with Gasteiger partial charge >= 0.3 is 6.03 Å². The smallest absolute Gasteiger partial charge is 0.321 e. The van der Waals surface area contributed by atoms with Gasteiger partial charge in [-0.15, -0.1) is 0 Å². The highest BCUT2D eigenvalue weighted by Crippen LogP contribution is 2.11. The minimum atomic E-state index is -0.380. The van der Waals surface area contributed by atoms with Crippen molar-refractivity contribution >= 4 is 11.7 Å². The van der Waals surface area contributed by atoms with E-state index in [0.717, 1.165) is 12.8 Å². The topological polar surface area (TPSA) is 50.4 Å². The van der Waals surface area contributed by atoms with Crippen LogP contribution >= 0.6 is 0 Å². The molecule has 0 aromatic heterocycles. The van der Waals surface area contributed by atoms with E-state index in [1.807, 2.05) is 0 Å². The molecule has 1 aliphatic heterocycles. The van der Waals surface area contributed by atoms with Crippen molar-refractivity contribution in [2.45, 2.75) is 19.1 Å². The molecular weight excluding hydrogens is 211 g/mol. The monoisotopic (exact) mass is 224 g/mol. The zero-order valence-electron chi connectivity index (χ0n) is 8.70. The summed E-state index contributed by atoms with van der Waals surface area (Å²) in [5.41, 5.74) is 0.426. The van der Waals surface area contributed by atoms with E-state index in [9.17, 15) is 9.18 Å². The molecule has 1 unspecified atom stereocenters. The van der Waals surface area contributed by atoms with Gasteiger partial charge in [0.05, 0.1) is 0 Å². The van der Waals surface area contributed by atoms with Gasteiger partial charge in [0.15, 0.2) is 0 Å². The molecule has 1 saturated heterocycles. The first-order valence-corrected chi connectivity index (χ1v) is 5.19. The number of carbonyl (C=O) groups is 1. The Labute approximate surface area is 92.8 Å². The minimum Gasteiger partial charge on any atom is -0.358 e. The lowest BCUT2D eigenvalue weighted by Gasteiger charge is -2.12. The third kappa shape index (κ3) is 2.93. The molecule has 1 atom stereocenters. The van der Waals surface area contributed by atoms with E-state index < -0.39 is 0 Å². The average Bonchev–Trinajstić information content (AvgIpc) is 2.70. The van der Waals surface area contributed by atoms with Crippen LogP contribution < -0.4 is 10.6 Å². The lowest BCUT2D eigenvalue weighted by molar-refractivity contribution is 0.0928. The number of anilines is 1. The molecule has 1 aromatic carbocycles. The number of nitrogens with one attached hydrogen (secondary N) is 2. The molecule has 1 heterocycles. The fraction of sp³-hybridized carbons (Fsp3) is 0.364. The number of carbonyl (C=O) groups excluding carboxylic acids is 1. The average molecular weight is 224 g/mol. The lowest BCUT2D eigenvalue weighted by atomic mass is 10.3. The second kappa shape index (κ2) is 4.94. The molecule has 0 aliphatic carbocycles. The van der Waals surface area contributed by atoms with Crippen molar-refractivity contribution in [1.82, 2.24) is 5.32 Å². The normalized spacial score (nSPS) is 19.4. The van der Waals surface area contributed by atoms with E-state index in [1.54, 1.807) is 6.07 Å². The van der Waals surface area contributed by atoms with Gasteiger partial charge in [0, 0.05) is 12.3 Å². The van der Waals surface area contributed by atoms with E-state index in [4.69, 9.17) is 4.74 Å². The van der Waals surface area contributed by atoms with E-state index >= 15 is 0 Å². The summed E-state index contributed by atoms with van der Waals surface area (Å²) in [4.78, 5) is 11.5. The van der Waals surface area contributed by atoms with Gasteiger partial charge < -0.3 is 15.4 Å². The summed E-state index contributed by atoms with van der Waals surface area (Å²) in [5, 5.41) is 5.19. The van der Waals surface area contributed by atoms with Crippen LogP contribution in [0.25, 0.3) is 0 Å². The standard InChI is InChI=1S/C11H13FN2O2/c12-8-3-1-4-9(7-8)13-11(15)14-10-5-2-6-16-10/h1,3-4,7,10H,2,5-6H2,(H2,13,14,15). The number of amides is 2. The maximum absolute atomic E-state index is 12.8. The Hall–Kier alpha value is -1.62. The first-order chi connectivity index (χ1) is 7.74. The number of rotatable bonds is 2. The van der Waals surface area contributed by atoms with Gasteiger partial charge in [0.1, 0.15) is 12.0 Å². The molecule has 5 heteroatoms. The van der Waals surface area contributed by atoms with Crippen LogP contribution in [0.15, 0.2) is 24.3 Å². The number of halogens is 1. The number of hydrogen-bond donors (Lipinski definition) is 2. The Morgan fingerprint density at radius 1 is 1.50 bits per heavy atom. The molecular formula is C11H13FN2O2.